The van der Waals surface area contributed by atoms with Crippen LogP contribution in [0.4, 0.5) is 0 Å². The average molecular weight is 727 g/mol. The molecule has 8 heteroatoms. The number of carbonyl (C=O) groups excluding carboxylic acids is 2. The molecule has 0 aliphatic carbocycles. The minimum absolute atomic E-state index is 0.0426. The third-order valence-corrected chi connectivity index (χ3v) is 10.0. The van der Waals surface area contributed by atoms with Crippen LogP contribution in [0.2, 0.25) is 0 Å². The Kier molecular flexibility index (Phi) is 34.2. The standard InChI is InChI=1S/C43H83NO7/c1-6-8-10-12-14-16-17-18-19-20-21-22-23-24-26-27-29-31-33-41(45)50-38-39(37-49-36-35-40(43(47)48)44(3,4)5)51-42(46)34-32-30-28-25-15-13-11-9-7-2/h39-40H,6-38H2,1-5H3/p+1. The zero-order valence-corrected chi connectivity index (χ0v) is 34.3. The van der Waals surface area contributed by atoms with Gasteiger partial charge in [0.15, 0.2) is 12.1 Å². The summed E-state index contributed by atoms with van der Waals surface area (Å²) in [5, 5.41) is 9.59. The molecule has 0 rings (SSSR count). The summed E-state index contributed by atoms with van der Waals surface area (Å²) < 4.78 is 17.2. The zero-order chi connectivity index (χ0) is 37.8. The van der Waals surface area contributed by atoms with Crippen LogP contribution in [-0.4, -0.2) is 80.6 Å². The highest BCUT2D eigenvalue weighted by Gasteiger charge is 2.31. The molecule has 0 saturated carbocycles. The van der Waals surface area contributed by atoms with Crippen molar-refractivity contribution in [2.45, 2.75) is 219 Å². The number of hydrogen-bond acceptors (Lipinski definition) is 6. The fraction of sp³-hybridized carbons (Fsp3) is 0.930. The Hall–Kier alpha value is -1.67. The first kappa shape index (κ1) is 49.3. The van der Waals surface area contributed by atoms with Crippen molar-refractivity contribution >= 4 is 17.9 Å². The minimum atomic E-state index is -0.872. The van der Waals surface area contributed by atoms with Crippen LogP contribution < -0.4 is 0 Å². The van der Waals surface area contributed by atoms with Crippen LogP contribution in [0.15, 0.2) is 0 Å². The number of esters is 2. The number of carbonyl (C=O) groups is 3. The minimum Gasteiger partial charge on any atom is -0.477 e. The molecule has 2 unspecified atom stereocenters. The van der Waals surface area contributed by atoms with Gasteiger partial charge in [0.05, 0.1) is 34.4 Å². The van der Waals surface area contributed by atoms with Crippen LogP contribution in [0, 0.1) is 0 Å². The van der Waals surface area contributed by atoms with E-state index in [2.05, 4.69) is 13.8 Å². The molecule has 0 heterocycles. The molecule has 0 saturated heterocycles. The Bertz CT molecular complexity index is 813. The molecule has 0 amide bonds. The van der Waals surface area contributed by atoms with Crippen molar-refractivity contribution in [2.75, 3.05) is 41.0 Å². The van der Waals surface area contributed by atoms with E-state index in [1.807, 2.05) is 21.1 Å². The summed E-state index contributed by atoms with van der Waals surface area (Å²) >= 11 is 0. The Balaban J connectivity index is 4.21. The Morgan fingerprint density at radius 1 is 0.510 bits per heavy atom. The van der Waals surface area contributed by atoms with Gasteiger partial charge in [0, 0.05) is 19.3 Å². The Labute approximate surface area is 315 Å². The van der Waals surface area contributed by atoms with Gasteiger partial charge in [-0.05, 0) is 12.8 Å². The lowest BCUT2D eigenvalue weighted by molar-refractivity contribution is -0.887. The number of nitrogens with zero attached hydrogens (tertiary/aromatic N) is 1. The van der Waals surface area contributed by atoms with Crippen molar-refractivity contribution in [1.82, 2.24) is 0 Å². The molecule has 8 nitrogen and oxygen atoms in total. The highest BCUT2D eigenvalue weighted by molar-refractivity contribution is 5.72. The molecule has 0 fully saturated rings. The summed E-state index contributed by atoms with van der Waals surface area (Å²) in [4.78, 5) is 36.8. The first-order chi connectivity index (χ1) is 24.6. The topological polar surface area (TPSA) is 99.1 Å². The monoisotopic (exact) mass is 727 g/mol. The molecule has 1 N–H and O–H groups in total. The summed E-state index contributed by atoms with van der Waals surface area (Å²) in [6.45, 7) is 4.74. The quantitative estimate of drug-likeness (QED) is 0.0382. The van der Waals surface area contributed by atoms with Crippen molar-refractivity contribution in [3.63, 3.8) is 0 Å². The molecule has 302 valence electrons. The molecule has 51 heavy (non-hydrogen) atoms. The van der Waals surface area contributed by atoms with Gasteiger partial charge >= 0.3 is 17.9 Å². The summed E-state index contributed by atoms with van der Waals surface area (Å²) in [6, 6.07) is -0.607. The molecule has 0 aromatic heterocycles. The van der Waals surface area contributed by atoms with Crippen LogP contribution in [0.1, 0.15) is 206 Å². The van der Waals surface area contributed by atoms with E-state index in [0.717, 1.165) is 38.5 Å². The normalized spacial score (nSPS) is 12.9. The maximum Gasteiger partial charge on any atom is 0.362 e. The summed E-state index contributed by atoms with van der Waals surface area (Å²) in [6.07, 6.45) is 34.3. The molecular weight excluding hydrogens is 642 g/mol. The fourth-order valence-corrected chi connectivity index (χ4v) is 6.62. The third-order valence-electron chi connectivity index (χ3n) is 10.0. The van der Waals surface area contributed by atoms with Gasteiger partial charge in [-0.25, -0.2) is 4.79 Å². The van der Waals surface area contributed by atoms with Crippen LogP contribution in [-0.2, 0) is 28.6 Å². The van der Waals surface area contributed by atoms with Crippen molar-refractivity contribution < 1.29 is 38.2 Å². The highest BCUT2D eigenvalue weighted by Crippen LogP contribution is 2.16. The summed E-state index contributed by atoms with van der Waals surface area (Å²) in [5.41, 5.74) is 0. The van der Waals surface area contributed by atoms with E-state index in [4.69, 9.17) is 14.2 Å². The van der Waals surface area contributed by atoms with Crippen molar-refractivity contribution in [3.05, 3.63) is 0 Å². The smallest absolute Gasteiger partial charge is 0.362 e. The van der Waals surface area contributed by atoms with Gasteiger partial charge in [-0.2, -0.15) is 0 Å². The second-order valence-electron chi connectivity index (χ2n) is 16.0. The second kappa shape index (κ2) is 35.4. The number of unbranched alkanes of at least 4 members (excludes halogenated alkanes) is 25. The lowest BCUT2D eigenvalue weighted by atomic mass is 10.0. The number of quaternary nitrogens is 1. The van der Waals surface area contributed by atoms with Crippen LogP contribution in [0.3, 0.4) is 0 Å². The van der Waals surface area contributed by atoms with E-state index in [9.17, 15) is 19.5 Å². The second-order valence-corrected chi connectivity index (χ2v) is 16.0. The van der Waals surface area contributed by atoms with Gasteiger partial charge in [0.25, 0.3) is 0 Å². The number of likely N-dealkylation sites (N-methyl/N-ethyl adjacent to an activating group) is 1. The van der Waals surface area contributed by atoms with Gasteiger partial charge in [-0.15, -0.1) is 0 Å². The van der Waals surface area contributed by atoms with E-state index < -0.39 is 18.1 Å². The molecule has 0 aromatic rings. The third kappa shape index (κ3) is 33.9. The van der Waals surface area contributed by atoms with Crippen molar-refractivity contribution in [1.29, 1.82) is 0 Å². The molecule has 0 radical (unpaired) electrons. The predicted octanol–water partition coefficient (Wildman–Crippen LogP) is 11.4. The maximum atomic E-state index is 12.6. The van der Waals surface area contributed by atoms with Crippen LogP contribution in [0.25, 0.3) is 0 Å². The van der Waals surface area contributed by atoms with E-state index in [-0.39, 0.29) is 36.2 Å². The largest absolute Gasteiger partial charge is 0.477 e. The molecule has 0 spiro atoms. The van der Waals surface area contributed by atoms with Gasteiger partial charge in [0.1, 0.15) is 6.61 Å². The highest BCUT2D eigenvalue weighted by atomic mass is 16.6. The van der Waals surface area contributed by atoms with E-state index in [1.165, 1.54) is 135 Å². The molecule has 0 aliphatic rings. The Morgan fingerprint density at radius 2 is 0.863 bits per heavy atom. The predicted molar refractivity (Wildman–Crippen MR) is 211 cm³/mol. The first-order valence-electron chi connectivity index (χ1n) is 21.6. The first-order valence-corrected chi connectivity index (χ1v) is 21.6. The zero-order valence-electron chi connectivity index (χ0n) is 34.3. The van der Waals surface area contributed by atoms with Gasteiger partial charge in [-0.3, -0.25) is 9.59 Å². The maximum absolute atomic E-state index is 12.6. The molecule has 0 aromatic carbocycles. The SMILES string of the molecule is CCCCCCCCCCCCCCCCCCCCC(=O)OCC(COCCC(C(=O)O)[N+](C)(C)C)OC(=O)CCCCCCCCCCC. The van der Waals surface area contributed by atoms with Crippen molar-refractivity contribution in [2.24, 2.45) is 0 Å². The molecule has 2 atom stereocenters. The average Bonchev–Trinajstić information content (AvgIpc) is 3.08. The molecule has 0 aliphatic heterocycles. The van der Waals surface area contributed by atoms with Crippen LogP contribution in [0.5, 0.6) is 0 Å². The lowest BCUT2D eigenvalue weighted by Gasteiger charge is -2.31. The number of carboxylic acid groups (broad SMARTS) is 1. The number of hydrogen-bond donors (Lipinski definition) is 1. The number of ether oxygens (including phenoxy) is 3. The molecular formula is C43H84NO7+. The van der Waals surface area contributed by atoms with E-state index in [1.54, 1.807) is 0 Å². The van der Waals surface area contributed by atoms with E-state index >= 15 is 0 Å². The van der Waals surface area contributed by atoms with Gasteiger partial charge in [0.2, 0.25) is 0 Å². The van der Waals surface area contributed by atoms with Crippen LogP contribution >= 0.6 is 0 Å². The number of rotatable bonds is 39. The van der Waals surface area contributed by atoms with E-state index in [0.29, 0.717) is 19.3 Å². The molecule has 0 bridgehead atoms. The number of aliphatic carboxylic acids is 1. The van der Waals surface area contributed by atoms with Gasteiger partial charge < -0.3 is 23.8 Å². The lowest BCUT2D eigenvalue weighted by Crippen LogP contribution is -2.50. The summed E-state index contributed by atoms with van der Waals surface area (Å²) in [5.74, 6) is -1.45. The number of carboxylic acids is 1. The van der Waals surface area contributed by atoms with Crippen molar-refractivity contribution in [3.8, 4) is 0 Å². The fourth-order valence-electron chi connectivity index (χ4n) is 6.62. The van der Waals surface area contributed by atoms with Gasteiger partial charge in [-0.1, -0.05) is 174 Å². The summed E-state index contributed by atoms with van der Waals surface area (Å²) in [7, 11) is 5.53. The Morgan fingerprint density at radius 3 is 1.22 bits per heavy atom.